The average Bonchev–Trinajstić information content (AvgIpc) is 3.34. The zero-order valence-electron chi connectivity index (χ0n) is 18.4. The summed E-state index contributed by atoms with van der Waals surface area (Å²) in [5, 5.41) is 3.87. The summed E-state index contributed by atoms with van der Waals surface area (Å²) in [5.74, 6) is 0.0159. The summed E-state index contributed by atoms with van der Waals surface area (Å²) in [7, 11) is 0. The Kier molecular flexibility index (Phi) is 8.12. The van der Waals surface area contributed by atoms with Gasteiger partial charge in [-0.1, -0.05) is 36.0 Å². The van der Waals surface area contributed by atoms with Crippen LogP contribution >= 0.6 is 11.8 Å². The minimum Gasteiger partial charge on any atom is -0.435 e. The first-order valence-electron chi connectivity index (χ1n) is 11.0. The van der Waals surface area contributed by atoms with Gasteiger partial charge in [0.1, 0.15) is 5.75 Å². The normalized spacial score (nSPS) is 15.7. The first-order chi connectivity index (χ1) is 16.5. The van der Waals surface area contributed by atoms with Crippen LogP contribution in [0.5, 0.6) is 5.75 Å². The van der Waals surface area contributed by atoms with E-state index in [0.717, 1.165) is 18.4 Å². The molecule has 1 aromatic heterocycles. The molecule has 0 radical (unpaired) electrons. The maximum Gasteiger partial charge on any atom is 0.387 e. The largest absolute Gasteiger partial charge is 0.435 e. The van der Waals surface area contributed by atoms with Gasteiger partial charge >= 0.3 is 6.61 Å². The number of rotatable bonds is 10. The van der Waals surface area contributed by atoms with Crippen molar-refractivity contribution < 1.29 is 23.0 Å². The van der Waals surface area contributed by atoms with Gasteiger partial charge in [0.15, 0.2) is 5.16 Å². The molecule has 1 atom stereocenters. The number of carbonyl (C=O) groups is 1. The van der Waals surface area contributed by atoms with Crippen molar-refractivity contribution in [2.75, 3.05) is 18.9 Å². The Morgan fingerprint density at radius 1 is 1.24 bits per heavy atom. The lowest BCUT2D eigenvalue weighted by atomic mass is 10.1. The number of carbonyl (C=O) groups excluding carboxylic acids is 1. The molecule has 1 amide bonds. The standard InChI is InChI=1S/C24H25F2N3O4S/c25-23(26)33-17-9-7-16(8-10-17)11-12-27-21(30)15-34-24-28-20-6-2-1-5-19(20)22(31)29(24)14-18-4-3-13-32-18/h1-2,5-10,18,23H,3-4,11-15H2,(H,27,30). The van der Waals surface area contributed by atoms with Crippen LogP contribution in [0.3, 0.4) is 0 Å². The molecule has 180 valence electrons. The van der Waals surface area contributed by atoms with Crippen molar-refractivity contribution in [3.8, 4) is 5.75 Å². The lowest BCUT2D eigenvalue weighted by Gasteiger charge is -2.16. The molecular formula is C24H25F2N3O4S. The Bertz CT molecular complexity index is 1180. The number of amides is 1. The third-order valence-corrected chi connectivity index (χ3v) is 6.43. The number of aromatic nitrogens is 2. The number of halogens is 2. The summed E-state index contributed by atoms with van der Waals surface area (Å²) in [6.45, 7) is -1.37. The number of hydrogen-bond acceptors (Lipinski definition) is 6. The SMILES string of the molecule is O=C(CSc1nc2ccccc2c(=O)n1CC1CCCO1)NCCc1ccc(OC(F)F)cc1. The van der Waals surface area contributed by atoms with E-state index >= 15 is 0 Å². The van der Waals surface area contributed by atoms with Crippen LogP contribution in [-0.2, 0) is 22.5 Å². The van der Waals surface area contributed by atoms with E-state index in [1.807, 2.05) is 12.1 Å². The van der Waals surface area contributed by atoms with Crippen LogP contribution in [0.25, 0.3) is 10.9 Å². The number of para-hydroxylation sites is 1. The molecule has 3 aromatic rings. The van der Waals surface area contributed by atoms with E-state index in [4.69, 9.17) is 4.74 Å². The summed E-state index contributed by atoms with van der Waals surface area (Å²) in [6, 6.07) is 13.5. The van der Waals surface area contributed by atoms with Crippen LogP contribution in [-0.4, -0.2) is 47.1 Å². The number of benzene rings is 2. The highest BCUT2D eigenvalue weighted by Crippen LogP contribution is 2.21. The molecule has 0 aliphatic carbocycles. The van der Waals surface area contributed by atoms with E-state index in [1.165, 1.54) is 23.9 Å². The zero-order valence-corrected chi connectivity index (χ0v) is 19.2. The maximum absolute atomic E-state index is 13.1. The van der Waals surface area contributed by atoms with Crippen LogP contribution in [0.15, 0.2) is 58.5 Å². The first kappa shape index (κ1) is 24.2. The van der Waals surface area contributed by atoms with Crippen molar-refractivity contribution in [3.63, 3.8) is 0 Å². The summed E-state index contributed by atoms with van der Waals surface area (Å²) in [5.41, 5.74) is 1.35. The van der Waals surface area contributed by atoms with E-state index in [2.05, 4.69) is 15.0 Å². The topological polar surface area (TPSA) is 82.5 Å². The second-order valence-corrected chi connectivity index (χ2v) is 8.82. The van der Waals surface area contributed by atoms with Gasteiger partial charge in [-0.3, -0.25) is 14.2 Å². The summed E-state index contributed by atoms with van der Waals surface area (Å²) in [6.07, 6.45) is 2.36. The molecule has 4 rings (SSSR count). The minimum absolute atomic E-state index is 0.0358. The van der Waals surface area contributed by atoms with Crippen LogP contribution in [0.2, 0.25) is 0 Å². The fourth-order valence-electron chi connectivity index (χ4n) is 3.78. The van der Waals surface area contributed by atoms with Gasteiger partial charge in [0, 0.05) is 13.2 Å². The summed E-state index contributed by atoms with van der Waals surface area (Å²) < 4.78 is 36.1. The van der Waals surface area contributed by atoms with Crippen LogP contribution in [0, 0.1) is 0 Å². The average molecular weight is 490 g/mol. The van der Waals surface area contributed by atoms with Crippen LogP contribution in [0.4, 0.5) is 8.78 Å². The van der Waals surface area contributed by atoms with Gasteiger partial charge in [-0.2, -0.15) is 8.78 Å². The number of thioether (sulfide) groups is 1. The Morgan fingerprint density at radius 3 is 2.76 bits per heavy atom. The highest BCUT2D eigenvalue weighted by Gasteiger charge is 2.20. The second-order valence-electron chi connectivity index (χ2n) is 7.87. The lowest BCUT2D eigenvalue weighted by Crippen LogP contribution is -2.30. The molecule has 1 aliphatic rings. The van der Waals surface area contributed by atoms with E-state index < -0.39 is 6.61 Å². The van der Waals surface area contributed by atoms with Gasteiger partial charge in [0.25, 0.3) is 5.56 Å². The molecule has 0 bridgehead atoms. The van der Waals surface area contributed by atoms with Crippen molar-refractivity contribution in [2.24, 2.45) is 0 Å². The quantitative estimate of drug-likeness (QED) is 0.346. The Hall–Kier alpha value is -2.98. The monoisotopic (exact) mass is 489 g/mol. The number of ether oxygens (including phenoxy) is 2. The highest BCUT2D eigenvalue weighted by atomic mass is 32.2. The third-order valence-electron chi connectivity index (χ3n) is 5.45. The van der Waals surface area contributed by atoms with Gasteiger partial charge in [-0.25, -0.2) is 4.98 Å². The Balaban J connectivity index is 1.35. The maximum atomic E-state index is 13.1. The number of hydrogen-bond donors (Lipinski definition) is 1. The molecule has 0 saturated carbocycles. The number of alkyl halides is 2. The van der Waals surface area contributed by atoms with E-state index in [0.29, 0.717) is 42.2 Å². The van der Waals surface area contributed by atoms with Gasteiger partial charge < -0.3 is 14.8 Å². The van der Waals surface area contributed by atoms with Crippen molar-refractivity contribution in [1.82, 2.24) is 14.9 Å². The number of fused-ring (bicyclic) bond motifs is 1. The van der Waals surface area contributed by atoms with Gasteiger partial charge in [-0.15, -0.1) is 0 Å². The predicted molar refractivity (Wildman–Crippen MR) is 125 cm³/mol. The molecule has 1 unspecified atom stereocenters. The molecule has 0 spiro atoms. The lowest BCUT2D eigenvalue weighted by molar-refractivity contribution is -0.118. The predicted octanol–water partition coefficient (Wildman–Crippen LogP) is 3.63. The highest BCUT2D eigenvalue weighted by molar-refractivity contribution is 7.99. The molecule has 7 nitrogen and oxygen atoms in total. The fraction of sp³-hybridized carbons (Fsp3) is 0.375. The van der Waals surface area contributed by atoms with Crippen LogP contribution in [0.1, 0.15) is 18.4 Å². The van der Waals surface area contributed by atoms with E-state index in [-0.39, 0.29) is 29.1 Å². The third kappa shape index (κ3) is 6.32. The van der Waals surface area contributed by atoms with Crippen molar-refractivity contribution >= 4 is 28.6 Å². The zero-order chi connectivity index (χ0) is 23.9. The molecular weight excluding hydrogens is 464 g/mol. The van der Waals surface area contributed by atoms with Crippen molar-refractivity contribution in [3.05, 3.63) is 64.4 Å². The smallest absolute Gasteiger partial charge is 0.387 e. The first-order valence-corrected chi connectivity index (χ1v) is 12.0. The van der Waals surface area contributed by atoms with Crippen LogP contribution < -0.4 is 15.6 Å². The number of nitrogens with one attached hydrogen (secondary N) is 1. The molecule has 1 N–H and O–H groups in total. The molecule has 2 heterocycles. The molecule has 1 aliphatic heterocycles. The van der Waals surface area contributed by atoms with Gasteiger partial charge in [-0.05, 0) is 49.1 Å². The summed E-state index contributed by atoms with van der Waals surface area (Å²) in [4.78, 5) is 30.1. The Morgan fingerprint density at radius 2 is 2.03 bits per heavy atom. The van der Waals surface area contributed by atoms with E-state index in [9.17, 15) is 18.4 Å². The Labute approximate surface area is 199 Å². The fourth-order valence-corrected chi connectivity index (χ4v) is 4.61. The van der Waals surface area contributed by atoms with Gasteiger partial charge in [0.05, 0.1) is 29.3 Å². The van der Waals surface area contributed by atoms with E-state index in [1.54, 1.807) is 28.8 Å². The molecule has 1 fully saturated rings. The molecule has 34 heavy (non-hydrogen) atoms. The number of nitrogens with zero attached hydrogens (tertiary/aromatic N) is 2. The molecule has 1 saturated heterocycles. The van der Waals surface area contributed by atoms with Crippen molar-refractivity contribution in [2.45, 2.75) is 43.7 Å². The second kappa shape index (κ2) is 11.4. The minimum atomic E-state index is -2.86. The molecule has 10 heteroatoms. The summed E-state index contributed by atoms with van der Waals surface area (Å²) >= 11 is 1.22. The van der Waals surface area contributed by atoms with Crippen molar-refractivity contribution in [1.29, 1.82) is 0 Å². The molecule has 2 aromatic carbocycles. The van der Waals surface area contributed by atoms with Gasteiger partial charge in [0.2, 0.25) is 5.91 Å².